The van der Waals surface area contributed by atoms with Crippen molar-refractivity contribution < 1.29 is 0 Å². The summed E-state index contributed by atoms with van der Waals surface area (Å²) in [5.74, 6) is 1.16. The van der Waals surface area contributed by atoms with Gasteiger partial charge in [-0.15, -0.1) is 20.4 Å². The lowest BCUT2D eigenvalue weighted by Crippen LogP contribution is -1.84. The van der Waals surface area contributed by atoms with Crippen molar-refractivity contribution >= 4 is 10.8 Å². The molecule has 4 rings (SSSR count). The van der Waals surface area contributed by atoms with E-state index in [9.17, 15) is 0 Å². The highest BCUT2D eigenvalue weighted by Crippen LogP contribution is 2.25. The lowest BCUT2D eigenvalue weighted by molar-refractivity contribution is 0.881. The quantitative estimate of drug-likeness (QED) is 0.563. The van der Waals surface area contributed by atoms with Crippen molar-refractivity contribution in [2.75, 3.05) is 0 Å². The van der Waals surface area contributed by atoms with Gasteiger partial charge in [0.15, 0.2) is 0 Å². The highest BCUT2D eigenvalue weighted by molar-refractivity contribution is 5.89. The van der Waals surface area contributed by atoms with E-state index in [1.165, 1.54) is 0 Å². The molecule has 2 N–H and O–H groups in total. The van der Waals surface area contributed by atoms with E-state index in [1.807, 2.05) is 36.4 Å². The predicted molar refractivity (Wildman–Crippen MR) is 70.3 cm³/mol. The van der Waals surface area contributed by atoms with Gasteiger partial charge in [0, 0.05) is 11.1 Å². The molecule has 0 bridgehead atoms. The Hall–Kier alpha value is -3.16. The molecule has 0 saturated carbocycles. The van der Waals surface area contributed by atoms with E-state index in [4.69, 9.17) is 0 Å². The van der Waals surface area contributed by atoms with Gasteiger partial charge in [-0.1, -0.05) is 24.3 Å². The summed E-state index contributed by atoms with van der Waals surface area (Å²) in [7, 11) is 0. The van der Waals surface area contributed by atoms with Crippen molar-refractivity contribution in [3.63, 3.8) is 0 Å². The molecule has 0 aliphatic rings. The van der Waals surface area contributed by atoms with E-state index in [2.05, 4.69) is 41.2 Å². The van der Waals surface area contributed by atoms with Crippen LogP contribution in [-0.2, 0) is 0 Å². The lowest BCUT2D eigenvalue weighted by Gasteiger charge is -2.02. The number of hydrogen-bond acceptors (Lipinski definition) is 6. The van der Waals surface area contributed by atoms with Crippen LogP contribution in [0.25, 0.3) is 33.5 Å². The molecule has 2 heterocycles. The second-order valence-electron chi connectivity index (χ2n) is 4.25. The minimum absolute atomic E-state index is 0.578. The zero-order valence-electron chi connectivity index (χ0n) is 10.1. The number of nitrogens with one attached hydrogen (secondary N) is 2. The van der Waals surface area contributed by atoms with E-state index < -0.39 is 0 Å². The zero-order chi connectivity index (χ0) is 13.4. The van der Waals surface area contributed by atoms with E-state index in [1.54, 1.807) is 0 Å². The fraction of sp³-hybridized carbons (Fsp3) is 0. The van der Waals surface area contributed by atoms with Crippen LogP contribution in [0.5, 0.6) is 0 Å². The molecule has 4 aromatic rings. The average Bonchev–Trinajstić information content (AvgIpc) is 3.19. The van der Waals surface area contributed by atoms with Crippen molar-refractivity contribution in [1.82, 2.24) is 41.2 Å². The molecule has 0 saturated heterocycles. The van der Waals surface area contributed by atoms with Crippen molar-refractivity contribution in [2.24, 2.45) is 0 Å². The van der Waals surface area contributed by atoms with Gasteiger partial charge in [0.25, 0.3) is 0 Å². The van der Waals surface area contributed by atoms with Crippen LogP contribution < -0.4 is 0 Å². The first-order valence-electron chi connectivity index (χ1n) is 5.91. The molecule has 0 amide bonds. The van der Waals surface area contributed by atoms with Crippen LogP contribution >= 0.6 is 0 Å². The molecular weight excluding hydrogens is 256 g/mol. The first-order valence-corrected chi connectivity index (χ1v) is 5.91. The van der Waals surface area contributed by atoms with Crippen LogP contribution in [0.15, 0.2) is 36.4 Å². The van der Waals surface area contributed by atoms with Gasteiger partial charge < -0.3 is 0 Å². The molecule has 2 aromatic heterocycles. The maximum atomic E-state index is 3.97. The van der Waals surface area contributed by atoms with Crippen molar-refractivity contribution in [2.45, 2.75) is 0 Å². The third-order valence-electron chi connectivity index (χ3n) is 3.05. The van der Waals surface area contributed by atoms with Crippen LogP contribution in [0.4, 0.5) is 0 Å². The molecule has 0 radical (unpaired) electrons. The number of aromatic nitrogens is 8. The molecule has 0 spiro atoms. The second-order valence-corrected chi connectivity index (χ2v) is 4.25. The van der Waals surface area contributed by atoms with Crippen LogP contribution in [0.3, 0.4) is 0 Å². The fourth-order valence-corrected chi connectivity index (χ4v) is 2.09. The monoisotopic (exact) mass is 264 g/mol. The average molecular weight is 264 g/mol. The first-order chi connectivity index (χ1) is 9.90. The predicted octanol–water partition coefficient (Wildman–Crippen LogP) is 1.20. The van der Waals surface area contributed by atoms with Gasteiger partial charge in [-0.2, -0.15) is 10.4 Å². The summed E-state index contributed by atoms with van der Waals surface area (Å²) in [5, 5.41) is 30.1. The van der Waals surface area contributed by atoms with Gasteiger partial charge >= 0.3 is 0 Å². The summed E-state index contributed by atoms with van der Waals surface area (Å²) in [6, 6.07) is 11.9. The third-order valence-corrected chi connectivity index (χ3v) is 3.05. The molecule has 0 aliphatic carbocycles. The van der Waals surface area contributed by atoms with Gasteiger partial charge in [-0.05, 0) is 33.3 Å². The van der Waals surface area contributed by atoms with Crippen LogP contribution in [0, 0.1) is 0 Å². The largest absolute Gasteiger partial charge is 0.204 e. The van der Waals surface area contributed by atoms with Crippen LogP contribution in [0.2, 0.25) is 0 Å². The Kier molecular flexibility index (Phi) is 2.25. The van der Waals surface area contributed by atoms with E-state index in [0.717, 1.165) is 21.9 Å². The summed E-state index contributed by atoms with van der Waals surface area (Å²) in [4.78, 5) is 0. The van der Waals surface area contributed by atoms with Crippen molar-refractivity contribution in [1.29, 1.82) is 0 Å². The van der Waals surface area contributed by atoms with Gasteiger partial charge in [-0.3, -0.25) is 0 Å². The Morgan fingerprint density at radius 3 is 1.55 bits per heavy atom. The number of benzene rings is 2. The number of aromatic amines is 2. The number of fused-ring (bicyclic) bond motifs is 1. The Morgan fingerprint density at radius 2 is 1.15 bits per heavy atom. The number of hydrogen-bond donors (Lipinski definition) is 2. The minimum atomic E-state index is 0.578. The maximum absolute atomic E-state index is 3.97. The summed E-state index contributed by atoms with van der Waals surface area (Å²) in [6.45, 7) is 0. The van der Waals surface area contributed by atoms with E-state index >= 15 is 0 Å². The van der Waals surface area contributed by atoms with Crippen LogP contribution in [-0.4, -0.2) is 41.2 Å². The SMILES string of the molecule is c1cc2cc(-c3nn[nH]n3)ccc2cc1-c1nn[nH]n1. The molecule has 0 atom stereocenters. The minimum Gasteiger partial charge on any atom is -0.177 e. The number of rotatable bonds is 2. The zero-order valence-corrected chi connectivity index (χ0v) is 10.1. The van der Waals surface area contributed by atoms with E-state index in [0.29, 0.717) is 11.6 Å². The highest BCUT2D eigenvalue weighted by atomic mass is 15.5. The number of H-pyrrole nitrogens is 2. The Balaban J connectivity index is 1.83. The second kappa shape index (κ2) is 4.19. The Labute approximate surface area is 112 Å². The topological polar surface area (TPSA) is 109 Å². The van der Waals surface area contributed by atoms with Crippen molar-refractivity contribution in [3.05, 3.63) is 36.4 Å². The standard InChI is InChI=1S/C12H8N8/c1-3-9(11-13-17-18-14-11)6-8-2-4-10(5-7(1)8)12-15-19-20-16-12/h1-6H,(H,13,14,17,18)(H,15,16,19,20). The summed E-state index contributed by atoms with van der Waals surface area (Å²) < 4.78 is 0. The maximum Gasteiger partial charge on any atom is 0.204 e. The lowest BCUT2D eigenvalue weighted by atomic mass is 10.0. The van der Waals surface area contributed by atoms with Gasteiger partial charge in [-0.25, -0.2) is 0 Å². The third kappa shape index (κ3) is 1.70. The molecule has 0 fully saturated rings. The smallest absolute Gasteiger partial charge is 0.177 e. The number of tetrazole rings is 2. The normalized spacial score (nSPS) is 11.0. The summed E-state index contributed by atoms with van der Waals surface area (Å²) >= 11 is 0. The molecule has 20 heavy (non-hydrogen) atoms. The fourth-order valence-electron chi connectivity index (χ4n) is 2.09. The van der Waals surface area contributed by atoms with Gasteiger partial charge in [0.05, 0.1) is 0 Å². The Bertz CT molecular complexity index is 777. The molecular formula is C12H8N8. The van der Waals surface area contributed by atoms with Crippen LogP contribution in [0.1, 0.15) is 0 Å². The highest BCUT2D eigenvalue weighted by Gasteiger charge is 2.06. The van der Waals surface area contributed by atoms with Gasteiger partial charge in [0.2, 0.25) is 11.6 Å². The molecule has 8 nitrogen and oxygen atoms in total. The molecule has 96 valence electrons. The molecule has 2 aromatic carbocycles. The molecule has 0 unspecified atom stereocenters. The van der Waals surface area contributed by atoms with Gasteiger partial charge in [0.1, 0.15) is 0 Å². The first kappa shape index (κ1) is 10.7. The summed E-state index contributed by atoms with van der Waals surface area (Å²) in [6.07, 6.45) is 0. The van der Waals surface area contributed by atoms with E-state index in [-0.39, 0.29) is 0 Å². The Morgan fingerprint density at radius 1 is 0.650 bits per heavy atom. The molecule has 0 aliphatic heterocycles. The number of nitrogens with zero attached hydrogens (tertiary/aromatic N) is 6. The summed E-state index contributed by atoms with van der Waals surface area (Å²) in [5.41, 5.74) is 1.83. The molecule has 8 heteroatoms. The van der Waals surface area contributed by atoms with Crippen molar-refractivity contribution in [3.8, 4) is 22.8 Å².